The Kier molecular flexibility index (Phi) is 6.27. The molecule has 2 N–H and O–H groups in total. The van der Waals surface area contributed by atoms with E-state index in [-0.39, 0.29) is 30.3 Å². The molecule has 5 nitrogen and oxygen atoms in total. The van der Waals surface area contributed by atoms with Gasteiger partial charge in [0.1, 0.15) is 6.04 Å². The number of likely N-dealkylation sites (tertiary alicyclic amines) is 1. The minimum Gasteiger partial charge on any atom is -0.344 e. The van der Waals surface area contributed by atoms with Crippen molar-refractivity contribution in [2.45, 2.75) is 57.4 Å². The maximum absolute atomic E-state index is 12.9. The molecule has 0 radical (unpaired) electrons. The third-order valence-electron chi connectivity index (χ3n) is 5.47. The molecular weight excluding hydrogens is 371 g/mol. The fourth-order valence-electron chi connectivity index (χ4n) is 3.96. The zero-order valence-corrected chi connectivity index (χ0v) is 15.9. The Morgan fingerprint density at radius 3 is 2.82 bits per heavy atom. The number of benzene rings is 1. The molecule has 1 aromatic rings. The number of nitrogens with one attached hydrogen (secondary N) is 2. The molecule has 0 saturated carbocycles. The van der Waals surface area contributed by atoms with E-state index >= 15 is 0 Å². The van der Waals surface area contributed by atoms with Crippen LogP contribution < -0.4 is 10.6 Å². The van der Waals surface area contributed by atoms with Crippen molar-refractivity contribution >= 4 is 11.8 Å². The van der Waals surface area contributed by atoms with Gasteiger partial charge in [0.2, 0.25) is 11.8 Å². The summed E-state index contributed by atoms with van der Waals surface area (Å²) in [5.74, 6) is -0.436. The lowest BCUT2D eigenvalue weighted by molar-refractivity contribution is -0.140. The van der Waals surface area contributed by atoms with Crippen LogP contribution in [0, 0.1) is 5.92 Å². The molecule has 28 heavy (non-hydrogen) atoms. The minimum atomic E-state index is -4.41. The van der Waals surface area contributed by atoms with Crippen LogP contribution in [0.4, 0.5) is 13.2 Å². The standard InChI is InChI=1S/C20H26F3N3O2/c1-13-10-15(7-8-24-13)18(27)25-17-6-3-9-26(19(17)28)12-14-4-2-5-16(11-14)20(21,22)23/h2,4-5,11,13,15,17,24H,3,6-10,12H2,1H3,(H,25,27)/t13-,15-,17?/m0/s1. The Hall–Kier alpha value is -2.09. The predicted molar refractivity (Wildman–Crippen MR) is 98.2 cm³/mol. The van der Waals surface area contributed by atoms with Gasteiger partial charge in [-0.2, -0.15) is 13.2 Å². The molecule has 2 aliphatic heterocycles. The molecule has 2 fully saturated rings. The van der Waals surface area contributed by atoms with Crippen LogP contribution in [-0.2, 0) is 22.3 Å². The van der Waals surface area contributed by atoms with Gasteiger partial charge in [0.25, 0.3) is 0 Å². The maximum Gasteiger partial charge on any atom is 0.416 e. The molecule has 2 heterocycles. The van der Waals surface area contributed by atoms with Gasteiger partial charge in [-0.1, -0.05) is 12.1 Å². The highest BCUT2D eigenvalue weighted by atomic mass is 19.4. The normalized spacial score (nSPS) is 26.2. The lowest BCUT2D eigenvalue weighted by atomic mass is 9.92. The van der Waals surface area contributed by atoms with Crippen LogP contribution in [0.5, 0.6) is 0 Å². The number of rotatable bonds is 4. The quantitative estimate of drug-likeness (QED) is 0.821. The van der Waals surface area contributed by atoms with Crippen molar-refractivity contribution in [2.75, 3.05) is 13.1 Å². The molecule has 0 bridgehead atoms. The van der Waals surface area contributed by atoms with Crippen LogP contribution >= 0.6 is 0 Å². The molecule has 0 aliphatic carbocycles. The van der Waals surface area contributed by atoms with E-state index in [2.05, 4.69) is 10.6 Å². The maximum atomic E-state index is 12.9. The van der Waals surface area contributed by atoms with Gasteiger partial charge in [-0.15, -0.1) is 0 Å². The van der Waals surface area contributed by atoms with E-state index < -0.39 is 17.8 Å². The summed E-state index contributed by atoms with van der Waals surface area (Å²) < 4.78 is 38.7. The highest BCUT2D eigenvalue weighted by Gasteiger charge is 2.34. The molecule has 3 rings (SSSR count). The fourth-order valence-corrected chi connectivity index (χ4v) is 3.96. The summed E-state index contributed by atoms with van der Waals surface area (Å²) in [6.45, 7) is 3.40. The second-order valence-corrected chi connectivity index (χ2v) is 7.74. The molecule has 2 saturated heterocycles. The first-order chi connectivity index (χ1) is 13.2. The zero-order chi connectivity index (χ0) is 20.3. The molecular formula is C20H26F3N3O2. The fraction of sp³-hybridized carbons (Fsp3) is 0.600. The second-order valence-electron chi connectivity index (χ2n) is 7.74. The van der Waals surface area contributed by atoms with Gasteiger partial charge in [-0.05, 0) is 56.8 Å². The van der Waals surface area contributed by atoms with Crippen LogP contribution in [0.25, 0.3) is 0 Å². The Morgan fingerprint density at radius 1 is 1.32 bits per heavy atom. The molecule has 2 aliphatic rings. The number of halogens is 3. The van der Waals surface area contributed by atoms with Gasteiger partial charge in [-0.3, -0.25) is 9.59 Å². The lowest BCUT2D eigenvalue weighted by Gasteiger charge is -2.34. The zero-order valence-electron chi connectivity index (χ0n) is 15.9. The molecule has 154 valence electrons. The number of amides is 2. The second kappa shape index (κ2) is 8.51. The molecule has 0 aromatic heterocycles. The number of carbonyl (C=O) groups is 2. The van der Waals surface area contributed by atoms with E-state index in [1.165, 1.54) is 11.0 Å². The predicted octanol–water partition coefficient (Wildman–Crippen LogP) is 2.70. The lowest BCUT2D eigenvalue weighted by Crippen LogP contribution is -2.54. The van der Waals surface area contributed by atoms with Crippen LogP contribution in [-0.4, -0.2) is 41.9 Å². The van der Waals surface area contributed by atoms with Crippen LogP contribution in [0.2, 0.25) is 0 Å². The molecule has 1 unspecified atom stereocenters. The first kappa shape index (κ1) is 20.6. The smallest absolute Gasteiger partial charge is 0.344 e. The van der Waals surface area contributed by atoms with Crippen LogP contribution in [0.1, 0.15) is 43.7 Å². The molecule has 3 atom stereocenters. The third-order valence-corrected chi connectivity index (χ3v) is 5.47. The Morgan fingerprint density at radius 2 is 2.11 bits per heavy atom. The van der Waals surface area contributed by atoms with E-state index in [4.69, 9.17) is 0 Å². The average molecular weight is 397 g/mol. The summed E-state index contributed by atoms with van der Waals surface area (Å²) in [5, 5.41) is 6.17. The summed E-state index contributed by atoms with van der Waals surface area (Å²) in [5.41, 5.74) is -0.290. The van der Waals surface area contributed by atoms with Crippen molar-refractivity contribution in [1.29, 1.82) is 0 Å². The highest BCUT2D eigenvalue weighted by Crippen LogP contribution is 2.30. The minimum absolute atomic E-state index is 0.104. The van der Waals surface area contributed by atoms with E-state index in [0.717, 1.165) is 31.5 Å². The van der Waals surface area contributed by atoms with E-state index in [9.17, 15) is 22.8 Å². The van der Waals surface area contributed by atoms with Gasteiger partial charge in [0.05, 0.1) is 5.56 Å². The topological polar surface area (TPSA) is 61.4 Å². The molecule has 1 aromatic carbocycles. The molecule has 0 spiro atoms. The first-order valence-corrected chi connectivity index (χ1v) is 9.72. The molecule has 8 heteroatoms. The van der Waals surface area contributed by atoms with Crippen molar-refractivity contribution in [3.63, 3.8) is 0 Å². The van der Waals surface area contributed by atoms with E-state index in [1.54, 1.807) is 6.07 Å². The van der Waals surface area contributed by atoms with Gasteiger partial charge >= 0.3 is 6.18 Å². The first-order valence-electron chi connectivity index (χ1n) is 9.72. The number of hydrogen-bond donors (Lipinski definition) is 2. The molecule has 2 amide bonds. The largest absolute Gasteiger partial charge is 0.416 e. The third kappa shape index (κ3) is 5.04. The summed E-state index contributed by atoms with van der Waals surface area (Å²) in [6.07, 6.45) is -1.67. The Bertz CT molecular complexity index is 723. The van der Waals surface area contributed by atoms with Crippen molar-refractivity contribution in [3.8, 4) is 0 Å². The van der Waals surface area contributed by atoms with Gasteiger partial charge in [0, 0.05) is 25.0 Å². The number of hydrogen-bond acceptors (Lipinski definition) is 3. The van der Waals surface area contributed by atoms with Crippen molar-refractivity contribution in [2.24, 2.45) is 5.92 Å². The summed E-state index contributed by atoms with van der Waals surface area (Å²) in [4.78, 5) is 26.9. The van der Waals surface area contributed by atoms with Crippen molar-refractivity contribution in [3.05, 3.63) is 35.4 Å². The SMILES string of the molecule is C[C@H]1C[C@@H](C(=O)NC2CCCN(Cc3cccc(C(F)(F)F)c3)C2=O)CCN1. The monoisotopic (exact) mass is 397 g/mol. The van der Waals surface area contributed by atoms with E-state index in [0.29, 0.717) is 24.9 Å². The number of carbonyl (C=O) groups excluding carboxylic acids is 2. The Labute approximate surface area is 162 Å². The average Bonchev–Trinajstić information content (AvgIpc) is 2.64. The van der Waals surface area contributed by atoms with E-state index in [1.807, 2.05) is 6.92 Å². The van der Waals surface area contributed by atoms with Crippen molar-refractivity contribution in [1.82, 2.24) is 15.5 Å². The summed E-state index contributed by atoms with van der Waals surface area (Å²) >= 11 is 0. The van der Waals surface area contributed by atoms with Gasteiger partial charge in [0.15, 0.2) is 0 Å². The number of nitrogens with zero attached hydrogens (tertiary/aromatic N) is 1. The van der Waals surface area contributed by atoms with Crippen LogP contribution in [0.3, 0.4) is 0 Å². The summed E-state index contributed by atoms with van der Waals surface area (Å²) in [6, 6.07) is 4.70. The Balaban J connectivity index is 1.62. The summed E-state index contributed by atoms with van der Waals surface area (Å²) in [7, 11) is 0. The van der Waals surface area contributed by atoms with Crippen LogP contribution in [0.15, 0.2) is 24.3 Å². The van der Waals surface area contributed by atoms with Gasteiger partial charge in [-0.25, -0.2) is 0 Å². The number of alkyl halides is 3. The highest BCUT2D eigenvalue weighted by molar-refractivity contribution is 5.89. The number of piperidine rings is 2. The van der Waals surface area contributed by atoms with Crippen molar-refractivity contribution < 1.29 is 22.8 Å². The van der Waals surface area contributed by atoms with Gasteiger partial charge < -0.3 is 15.5 Å².